The van der Waals surface area contributed by atoms with Crippen molar-refractivity contribution in [3.63, 3.8) is 0 Å². The second-order valence-electron chi connectivity index (χ2n) is 5.41. The van der Waals surface area contributed by atoms with Crippen molar-refractivity contribution in [2.45, 2.75) is 39.7 Å². The minimum atomic E-state index is -1.07. The van der Waals surface area contributed by atoms with E-state index in [0.717, 1.165) is 4.68 Å². The van der Waals surface area contributed by atoms with Gasteiger partial charge in [0.25, 0.3) is 0 Å². The van der Waals surface area contributed by atoms with Gasteiger partial charge in [-0.1, -0.05) is 6.92 Å². The Balaban J connectivity index is 2.74. The molecule has 0 aliphatic carbocycles. The van der Waals surface area contributed by atoms with Gasteiger partial charge in [-0.25, -0.2) is 14.3 Å². The Morgan fingerprint density at radius 1 is 1.25 bits per heavy atom. The maximum absolute atomic E-state index is 11.8. The average molecular weight is 340 g/mol. The number of aliphatic imine (C=N–C) groups is 1. The van der Waals surface area contributed by atoms with Crippen LogP contribution in [0.3, 0.4) is 0 Å². The van der Waals surface area contributed by atoms with Gasteiger partial charge < -0.3 is 14.2 Å². The van der Waals surface area contributed by atoms with Crippen LogP contribution < -0.4 is 5.32 Å². The second kappa shape index (κ2) is 8.65. The van der Waals surface area contributed by atoms with E-state index in [1.54, 1.807) is 33.8 Å². The molecule has 0 aromatic carbocycles. The highest BCUT2D eigenvalue weighted by Crippen LogP contribution is 2.06. The summed E-state index contributed by atoms with van der Waals surface area (Å²) in [4.78, 5) is 38.0. The number of nitrogens with zero attached hydrogens (tertiary/aromatic N) is 3. The lowest BCUT2D eigenvalue weighted by atomic mass is 10.2. The fourth-order valence-electron chi connectivity index (χ4n) is 1.29. The summed E-state index contributed by atoms with van der Waals surface area (Å²) in [5.41, 5.74) is -0.728. The van der Waals surface area contributed by atoms with Crippen molar-refractivity contribution in [2.75, 3.05) is 6.79 Å². The molecule has 1 rings (SSSR count). The number of nitrogens with one attached hydrogen (secondary N) is 1. The van der Waals surface area contributed by atoms with E-state index in [0.29, 0.717) is 0 Å². The zero-order chi connectivity index (χ0) is 18.2. The summed E-state index contributed by atoms with van der Waals surface area (Å²) in [7, 11) is 0. The number of ether oxygens (including phenoxy) is 3. The molecule has 0 aliphatic heterocycles. The van der Waals surface area contributed by atoms with Gasteiger partial charge in [0.2, 0.25) is 12.8 Å². The van der Waals surface area contributed by atoms with Crippen LogP contribution in [-0.2, 0) is 19.0 Å². The highest BCUT2D eigenvalue weighted by Gasteiger charge is 2.19. The summed E-state index contributed by atoms with van der Waals surface area (Å²) in [5, 5.41) is 6.16. The van der Waals surface area contributed by atoms with Gasteiger partial charge in [-0.15, -0.1) is 4.99 Å². The number of hydrogen-bond acceptors (Lipinski definition) is 7. The standard InChI is InChI=1S/C14H20N4O6/c1-5-10(19)22-9-23-12(20)16-11(18-8-6-7-15-18)17-13(21)24-14(2,3)4/h6-8H,5,9H2,1-4H3,(H,16,17,20,21). The summed E-state index contributed by atoms with van der Waals surface area (Å²) in [6, 6.07) is 1.57. The van der Waals surface area contributed by atoms with E-state index in [2.05, 4.69) is 24.9 Å². The molecule has 132 valence electrons. The number of rotatable bonds is 3. The van der Waals surface area contributed by atoms with Crippen molar-refractivity contribution in [1.82, 2.24) is 15.1 Å². The molecule has 1 aromatic rings. The largest absolute Gasteiger partial charge is 0.444 e. The topological polar surface area (TPSA) is 121 Å². The van der Waals surface area contributed by atoms with Crippen LogP contribution in [0, 0.1) is 0 Å². The number of amides is 2. The van der Waals surface area contributed by atoms with Gasteiger partial charge in [0, 0.05) is 18.8 Å². The highest BCUT2D eigenvalue weighted by molar-refractivity contribution is 5.99. The van der Waals surface area contributed by atoms with E-state index in [4.69, 9.17) is 4.74 Å². The normalized spacial score (nSPS) is 11.6. The van der Waals surface area contributed by atoms with Crippen molar-refractivity contribution in [2.24, 2.45) is 4.99 Å². The first kappa shape index (κ1) is 19.1. The number of carbonyl (C=O) groups is 3. The van der Waals surface area contributed by atoms with Crippen molar-refractivity contribution in [3.05, 3.63) is 18.5 Å². The van der Waals surface area contributed by atoms with Crippen LogP contribution in [0.25, 0.3) is 0 Å². The molecule has 0 saturated heterocycles. The van der Waals surface area contributed by atoms with Crippen molar-refractivity contribution in [3.8, 4) is 0 Å². The molecule has 0 aliphatic rings. The van der Waals surface area contributed by atoms with Crippen LogP contribution >= 0.6 is 0 Å². The first-order valence-corrected chi connectivity index (χ1v) is 7.12. The van der Waals surface area contributed by atoms with Crippen LogP contribution in [0.4, 0.5) is 9.59 Å². The SMILES string of the molecule is CCC(=O)OCOC(=O)/N=C(/NC(=O)OC(C)(C)C)n1cccn1. The Morgan fingerprint density at radius 3 is 2.50 bits per heavy atom. The predicted molar refractivity (Wildman–Crippen MR) is 82.2 cm³/mol. The van der Waals surface area contributed by atoms with E-state index in [1.165, 1.54) is 12.4 Å². The minimum absolute atomic E-state index is 0.152. The number of hydrogen-bond donors (Lipinski definition) is 1. The number of aromatic nitrogens is 2. The third-order valence-corrected chi connectivity index (χ3v) is 2.22. The molecule has 0 spiro atoms. The van der Waals surface area contributed by atoms with E-state index in [-0.39, 0.29) is 12.4 Å². The molecular formula is C14H20N4O6. The van der Waals surface area contributed by atoms with Crippen molar-refractivity contribution >= 4 is 24.1 Å². The highest BCUT2D eigenvalue weighted by atomic mass is 16.7. The maximum Gasteiger partial charge on any atom is 0.439 e. The summed E-state index contributed by atoms with van der Waals surface area (Å²) in [6.45, 7) is 6.09. The van der Waals surface area contributed by atoms with Gasteiger partial charge in [-0.3, -0.25) is 10.1 Å². The van der Waals surface area contributed by atoms with Gasteiger partial charge in [0.15, 0.2) is 0 Å². The van der Waals surface area contributed by atoms with E-state index in [9.17, 15) is 14.4 Å². The maximum atomic E-state index is 11.8. The molecule has 0 atom stereocenters. The molecule has 1 aromatic heterocycles. The van der Waals surface area contributed by atoms with Gasteiger partial charge >= 0.3 is 18.2 Å². The lowest BCUT2D eigenvalue weighted by molar-refractivity contribution is -0.151. The quantitative estimate of drug-likeness (QED) is 0.384. The Morgan fingerprint density at radius 2 is 1.96 bits per heavy atom. The molecule has 0 radical (unpaired) electrons. The molecule has 0 bridgehead atoms. The van der Waals surface area contributed by atoms with Crippen LogP contribution in [-0.4, -0.2) is 46.3 Å². The summed E-state index contributed by atoms with van der Waals surface area (Å²) >= 11 is 0. The van der Waals surface area contributed by atoms with Crippen molar-refractivity contribution in [1.29, 1.82) is 0 Å². The third-order valence-electron chi connectivity index (χ3n) is 2.22. The first-order chi connectivity index (χ1) is 11.2. The lowest BCUT2D eigenvalue weighted by Crippen LogP contribution is -2.40. The number of alkyl carbamates (subject to hydrolysis) is 1. The van der Waals surface area contributed by atoms with E-state index >= 15 is 0 Å². The zero-order valence-corrected chi connectivity index (χ0v) is 13.9. The monoisotopic (exact) mass is 340 g/mol. The Kier molecular flexibility index (Phi) is 6.90. The molecule has 24 heavy (non-hydrogen) atoms. The van der Waals surface area contributed by atoms with E-state index in [1.807, 2.05) is 0 Å². The predicted octanol–water partition coefficient (Wildman–Crippen LogP) is 1.66. The molecule has 1 heterocycles. The number of carbonyl (C=O) groups excluding carboxylic acids is 3. The smallest absolute Gasteiger partial charge is 0.439 e. The fraction of sp³-hybridized carbons (Fsp3) is 0.500. The molecule has 0 unspecified atom stereocenters. The molecule has 10 heteroatoms. The Bertz CT molecular complexity index is 603. The molecular weight excluding hydrogens is 320 g/mol. The van der Waals surface area contributed by atoms with Gasteiger partial charge in [0.05, 0.1) is 0 Å². The molecule has 2 amide bonds. The van der Waals surface area contributed by atoms with Gasteiger partial charge in [0.1, 0.15) is 5.60 Å². The second-order valence-corrected chi connectivity index (χ2v) is 5.41. The molecule has 0 saturated carbocycles. The van der Waals surface area contributed by atoms with Gasteiger partial charge in [-0.2, -0.15) is 5.10 Å². The average Bonchev–Trinajstić information content (AvgIpc) is 2.98. The minimum Gasteiger partial charge on any atom is -0.444 e. The van der Waals surface area contributed by atoms with E-state index < -0.39 is 30.5 Å². The molecule has 1 N–H and O–H groups in total. The Hall–Kier alpha value is -2.91. The van der Waals surface area contributed by atoms with Crippen LogP contribution in [0.15, 0.2) is 23.5 Å². The number of esters is 1. The van der Waals surface area contributed by atoms with Crippen molar-refractivity contribution < 1.29 is 28.6 Å². The van der Waals surface area contributed by atoms with Crippen LogP contribution in [0.1, 0.15) is 34.1 Å². The summed E-state index contributed by atoms with van der Waals surface area (Å²) in [6.07, 6.45) is 1.16. The molecule has 10 nitrogen and oxygen atoms in total. The third kappa shape index (κ3) is 7.38. The molecule has 0 fully saturated rings. The summed E-state index contributed by atoms with van der Waals surface area (Å²) < 4.78 is 15.4. The summed E-state index contributed by atoms with van der Waals surface area (Å²) in [5.74, 6) is -0.743. The Labute approximate surface area is 138 Å². The van der Waals surface area contributed by atoms with Gasteiger partial charge in [-0.05, 0) is 26.8 Å². The van der Waals surface area contributed by atoms with Crippen LogP contribution in [0.2, 0.25) is 0 Å². The fourth-order valence-corrected chi connectivity index (χ4v) is 1.29. The van der Waals surface area contributed by atoms with Crippen LogP contribution in [0.5, 0.6) is 0 Å². The lowest BCUT2D eigenvalue weighted by Gasteiger charge is -2.19. The first-order valence-electron chi connectivity index (χ1n) is 7.12. The zero-order valence-electron chi connectivity index (χ0n) is 13.9.